The summed E-state index contributed by atoms with van der Waals surface area (Å²) in [6.45, 7) is 0. The Hall–Kier alpha value is -0.770. The van der Waals surface area contributed by atoms with E-state index in [1.807, 2.05) is 0 Å². The van der Waals surface area contributed by atoms with Crippen LogP contribution in [0, 0.1) is 0 Å². The van der Waals surface area contributed by atoms with E-state index < -0.39 is 0 Å². The van der Waals surface area contributed by atoms with Crippen LogP contribution in [0.1, 0.15) is 6.42 Å². The van der Waals surface area contributed by atoms with Gasteiger partial charge in [-0.3, -0.25) is 14.9 Å². The number of rotatable bonds is 2. The third-order valence-corrected chi connectivity index (χ3v) is 1.44. The second-order valence-electron chi connectivity index (χ2n) is 1.96. The normalized spacial score (nSPS) is 17.1. The topological polar surface area (TPSA) is 46.2 Å². The highest BCUT2D eigenvalue weighted by Gasteiger charge is 2.18. The van der Waals surface area contributed by atoms with Crippen molar-refractivity contribution in [2.45, 2.75) is 6.42 Å². The molecule has 1 rings (SSSR count). The van der Waals surface area contributed by atoms with Gasteiger partial charge in [0, 0.05) is 11.6 Å². The van der Waals surface area contributed by atoms with Crippen molar-refractivity contribution in [2.24, 2.45) is 0 Å². The van der Waals surface area contributed by atoms with E-state index in [1.54, 1.807) is 0 Å². The molecule has 0 aromatic rings. The molecular formula is C6H7NO2S. The highest BCUT2D eigenvalue weighted by Crippen LogP contribution is 2.07. The monoisotopic (exact) mass is 157 g/mol. The fraction of sp³-hybridized carbons (Fsp3) is 0.333. The molecule has 3 nitrogen and oxygen atoms in total. The van der Waals surface area contributed by atoms with Crippen molar-refractivity contribution in [3.05, 3.63) is 11.6 Å². The molecule has 0 aromatic carbocycles. The molecule has 4 heteroatoms. The van der Waals surface area contributed by atoms with Gasteiger partial charge in [-0.1, -0.05) is 0 Å². The molecule has 0 fully saturated rings. The summed E-state index contributed by atoms with van der Waals surface area (Å²) < 4.78 is 0. The smallest absolute Gasteiger partial charge is 0.254 e. The van der Waals surface area contributed by atoms with Gasteiger partial charge in [0.2, 0.25) is 0 Å². The summed E-state index contributed by atoms with van der Waals surface area (Å²) in [5, 5.41) is 2.15. The van der Waals surface area contributed by atoms with Gasteiger partial charge in [0.1, 0.15) is 0 Å². The molecule has 1 aliphatic heterocycles. The average Bonchev–Trinajstić information content (AvgIpc) is 2.13. The summed E-state index contributed by atoms with van der Waals surface area (Å²) in [6.07, 6.45) is 1.87. The molecule has 0 spiro atoms. The van der Waals surface area contributed by atoms with Gasteiger partial charge in [0.05, 0.1) is 0 Å². The minimum atomic E-state index is -0.318. The van der Waals surface area contributed by atoms with Gasteiger partial charge in [-0.05, 0) is 12.2 Å². The number of nitrogens with one attached hydrogen (secondary N) is 1. The van der Waals surface area contributed by atoms with E-state index in [0.717, 1.165) is 0 Å². The predicted molar refractivity (Wildman–Crippen MR) is 39.7 cm³/mol. The van der Waals surface area contributed by atoms with Crippen LogP contribution >= 0.6 is 12.6 Å². The van der Waals surface area contributed by atoms with Crippen LogP contribution in [-0.4, -0.2) is 17.6 Å². The molecule has 0 saturated heterocycles. The minimum Gasteiger partial charge on any atom is -0.289 e. The van der Waals surface area contributed by atoms with Gasteiger partial charge >= 0.3 is 0 Å². The van der Waals surface area contributed by atoms with E-state index in [-0.39, 0.29) is 11.8 Å². The summed E-state index contributed by atoms with van der Waals surface area (Å²) in [5.74, 6) is -0.00664. The second kappa shape index (κ2) is 2.88. The van der Waals surface area contributed by atoms with E-state index in [0.29, 0.717) is 17.7 Å². The van der Waals surface area contributed by atoms with Crippen LogP contribution in [0.2, 0.25) is 0 Å². The van der Waals surface area contributed by atoms with Gasteiger partial charge in [-0.2, -0.15) is 12.6 Å². The number of carbonyl (C=O) groups excluding carboxylic acids is 2. The maximum atomic E-state index is 10.7. The Morgan fingerprint density at radius 3 is 2.60 bits per heavy atom. The molecule has 0 bridgehead atoms. The molecule has 0 atom stereocenters. The lowest BCUT2D eigenvalue weighted by Gasteiger charge is -1.92. The van der Waals surface area contributed by atoms with E-state index >= 15 is 0 Å². The number of carbonyl (C=O) groups is 2. The van der Waals surface area contributed by atoms with Gasteiger partial charge in [-0.15, -0.1) is 0 Å². The molecule has 0 saturated carbocycles. The Kier molecular flexibility index (Phi) is 2.11. The van der Waals surface area contributed by atoms with Crippen LogP contribution in [0.25, 0.3) is 0 Å². The molecular weight excluding hydrogens is 150 g/mol. The zero-order valence-electron chi connectivity index (χ0n) is 5.26. The zero-order valence-corrected chi connectivity index (χ0v) is 6.15. The van der Waals surface area contributed by atoms with Crippen molar-refractivity contribution in [1.29, 1.82) is 0 Å². The number of amides is 2. The van der Waals surface area contributed by atoms with Gasteiger partial charge in [-0.25, -0.2) is 0 Å². The van der Waals surface area contributed by atoms with E-state index in [1.165, 1.54) is 6.08 Å². The number of thiol groups is 1. The van der Waals surface area contributed by atoms with Crippen LogP contribution in [0.4, 0.5) is 0 Å². The van der Waals surface area contributed by atoms with Crippen molar-refractivity contribution in [3.8, 4) is 0 Å². The first-order chi connectivity index (χ1) is 4.74. The fourth-order valence-corrected chi connectivity index (χ4v) is 0.999. The Balaban J connectivity index is 2.65. The van der Waals surface area contributed by atoms with Crippen LogP contribution in [0.15, 0.2) is 11.6 Å². The number of imide groups is 1. The fourth-order valence-electron chi connectivity index (χ4n) is 0.758. The molecule has 2 amide bonds. The van der Waals surface area contributed by atoms with Gasteiger partial charge < -0.3 is 0 Å². The second-order valence-corrected chi connectivity index (χ2v) is 2.41. The maximum Gasteiger partial charge on any atom is 0.254 e. The van der Waals surface area contributed by atoms with Crippen LogP contribution < -0.4 is 5.32 Å². The van der Waals surface area contributed by atoms with Crippen LogP contribution in [0.5, 0.6) is 0 Å². The molecule has 1 aliphatic rings. The lowest BCUT2D eigenvalue weighted by molar-refractivity contribution is -0.123. The Morgan fingerprint density at radius 1 is 1.50 bits per heavy atom. The van der Waals surface area contributed by atoms with Crippen molar-refractivity contribution in [3.63, 3.8) is 0 Å². The molecule has 54 valence electrons. The van der Waals surface area contributed by atoms with Crippen molar-refractivity contribution in [2.75, 3.05) is 5.75 Å². The van der Waals surface area contributed by atoms with Gasteiger partial charge in [0.15, 0.2) is 0 Å². The minimum absolute atomic E-state index is 0.279. The lowest BCUT2D eigenvalue weighted by atomic mass is 10.2. The maximum absolute atomic E-state index is 10.7. The van der Waals surface area contributed by atoms with Crippen molar-refractivity contribution in [1.82, 2.24) is 5.32 Å². The summed E-state index contributed by atoms with van der Waals surface area (Å²) in [7, 11) is 0. The molecule has 1 heterocycles. The molecule has 0 unspecified atom stereocenters. The van der Waals surface area contributed by atoms with Crippen molar-refractivity contribution >= 4 is 24.4 Å². The summed E-state index contributed by atoms with van der Waals surface area (Å²) in [6, 6.07) is 0. The summed E-state index contributed by atoms with van der Waals surface area (Å²) >= 11 is 3.93. The van der Waals surface area contributed by atoms with Gasteiger partial charge in [0.25, 0.3) is 11.8 Å². The third-order valence-electron chi connectivity index (χ3n) is 1.21. The van der Waals surface area contributed by atoms with E-state index in [9.17, 15) is 9.59 Å². The first kappa shape index (κ1) is 7.34. The Labute approximate surface area is 63.9 Å². The molecule has 1 N–H and O–H groups in total. The molecule has 0 aromatic heterocycles. The first-order valence-corrected chi connectivity index (χ1v) is 3.54. The Morgan fingerprint density at radius 2 is 2.20 bits per heavy atom. The highest BCUT2D eigenvalue weighted by molar-refractivity contribution is 7.80. The standard InChI is InChI=1S/C6H7NO2S/c8-5-3-4(1-2-10)6(9)7-5/h3,10H,1-2H2,(H,7,8,9). The highest BCUT2D eigenvalue weighted by atomic mass is 32.1. The Bertz CT molecular complexity index is 210. The molecule has 0 aliphatic carbocycles. The summed E-state index contributed by atoms with van der Waals surface area (Å²) in [5.41, 5.74) is 0.528. The first-order valence-electron chi connectivity index (χ1n) is 2.91. The zero-order chi connectivity index (χ0) is 7.56. The van der Waals surface area contributed by atoms with Crippen LogP contribution in [-0.2, 0) is 9.59 Å². The predicted octanol–water partition coefficient (Wildman–Crippen LogP) is -0.111. The third kappa shape index (κ3) is 1.39. The molecule has 0 radical (unpaired) electrons. The van der Waals surface area contributed by atoms with Crippen LogP contribution in [0.3, 0.4) is 0 Å². The molecule has 10 heavy (non-hydrogen) atoms. The quantitative estimate of drug-likeness (QED) is 0.434. The average molecular weight is 157 g/mol. The largest absolute Gasteiger partial charge is 0.289 e. The number of hydrogen-bond acceptors (Lipinski definition) is 3. The van der Waals surface area contributed by atoms with E-state index in [2.05, 4.69) is 17.9 Å². The van der Waals surface area contributed by atoms with E-state index in [4.69, 9.17) is 0 Å². The SMILES string of the molecule is O=C1C=C(CCS)C(=O)N1. The van der Waals surface area contributed by atoms with Crippen molar-refractivity contribution < 1.29 is 9.59 Å². The summed E-state index contributed by atoms with van der Waals surface area (Å²) in [4.78, 5) is 21.2. The number of hydrogen-bond donors (Lipinski definition) is 2. The lowest BCUT2D eigenvalue weighted by Crippen LogP contribution is -2.22.